The van der Waals surface area contributed by atoms with E-state index in [0.29, 0.717) is 17.5 Å². The molecule has 54 heavy (non-hydrogen) atoms. The van der Waals surface area contributed by atoms with Gasteiger partial charge in [0.05, 0.1) is 16.9 Å². The van der Waals surface area contributed by atoms with Crippen molar-refractivity contribution in [1.29, 1.82) is 0 Å². The lowest BCUT2D eigenvalue weighted by atomic mass is 9.95. The summed E-state index contributed by atoms with van der Waals surface area (Å²) in [5.74, 6) is 1.78. The highest BCUT2D eigenvalue weighted by molar-refractivity contribution is 6.23. The van der Waals surface area contributed by atoms with Gasteiger partial charge in [0.1, 0.15) is 0 Å². The molecule has 11 aromatic rings. The zero-order chi connectivity index (χ0) is 35.6. The molecule has 0 spiro atoms. The van der Waals surface area contributed by atoms with Crippen LogP contribution in [0.15, 0.2) is 176 Å². The van der Waals surface area contributed by atoms with Crippen LogP contribution in [0.5, 0.6) is 0 Å². The van der Waals surface area contributed by atoms with E-state index in [2.05, 4.69) is 164 Å². The highest BCUT2D eigenvalue weighted by Gasteiger charge is 2.20. The van der Waals surface area contributed by atoms with Gasteiger partial charge in [-0.2, -0.15) is 0 Å². The number of benzene rings is 8. The van der Waals surface area contributed by atoms with Gasteiger partial charge in [0.15, 0.2) is 17.5 Å². The molecule has 0 saturated heterocycles. The number of nitrogens with zero attached hydrogens (tertiary/aromatic N) is 5. The molecule has 0 aliphatic rings. The summed E-state index contributed by atoms with van der Waals surface area (Å²) in [6.07, 6.45) is 1.91. The molecular weight excluding hydrogens is 659 g/mol. The Bertz CT molecular complexity index is 3180. The first kappa shape index (κ1) is 30.3. The Morgan fingerprint density at radius 3 is 1.52 bits per heavy atom. The van der Waals surface area contributed by atoms with Gasteiger partial charge in [0, 0.05) is 44.4 Å². The number of pyridine rings is 2. The van der Waals surface area contributed by atoms with Crippen molar-refractivity contribution >= 4 is 64.8 Å². The molecule has 0 atom stereocenters. The van der Waals surface area contributed by atoms with Crippen LogP contribution in [-0.4, -0.2) is 24.9 Å². The SMILES string of the molecule is c1ccc2cc(-c3nc(-c4ccc5ccccc5c4)nc(-c4cnc(-c5nc6ccccc6c6c5ccc5ccccc56)c5ccccc45)n3)ccc2c1. The summed E-state index contributed by atoms with van der Waals surface area (Å²) in [5, 5.41) is 12.3. The number of aromatic nitrogens is 5. The fraction of sp³-hybridized carbons (Fsp3) is 0. The molecule has 0 amide bonds. The Balaban J connectivity index is 1.15. The van der Waals surface area contributed by atoms with Crippen molar-refractivity contribution in [2.24, 2.45) is 0 Å². The molecule has 0 radical (unpaired) electrons. The minimum atomic E-state index is 0.564. The largest absolute Gasteiger partial charge is 0.253 e. The van der Waals surface area contributed by atoms with E-state index >= 15 is 0 Å². The van der Waals surface area contributed by atoms with Crippen LogP contribution in [0.25, 0.3) is 110 Å². The molecule has 3 heterocycles. The van der Waals surface area contributed by atoms with Gasteiger partial charge in [0.25, 0.3) is 0 Å². The van der Waals surface area contributed by atoms with E-state index in [1.807, 2.05) is 12.3 Å². The van der Waals surface area contributed by atoms with Crippen molar-refractivity contribution in [3.63, 3.8) is 0 Å². The Morgan fingerprint density at radius 1 is 0.315 bits per heavy atom. The summed E-state index contributed by atoms with van der Waals surface area (Å²) in [4.78, 5) is 25.9. The Morgan fingerprint density at radius 2 is 0.833 bits per heavy atom. The first-order valence-electron chi connectivity index (χ1n) is 18.1. The van der Waals surface area contributed by atoms with Gasteiger partial charge in [-0.05, 0) is 55.9 Å². The fourth-order valence-corrected chi connectivity index (χ4v) is 7.87. The lowest BCUT2D eigenvalue weighted by molar-refractivity contribution is 1.07. The van der Waals surface area contributed by atoms with E-state index in [1.165, 1.54) is 26.9 Å². The van der Waals surface area contributed by atoms with Crippen LogP contribution in [0.1, 0.15) is 0 Å². The van der Waals surface area contributed by atoms with Crippen LogP contribution < -0.4 is 0 Å². The van der Waals surface area contributed by atoms with Crippen molar-refractivity contribution in [1.82, 2.24) is 24.9 Å². The lowest BCUT2D eigenvalue weighted by Gasteiger charge is -2.15. The Labute approximate surface area is 310 Å². The molecule has 250 valence electrons. The molecule has 3 aromatic heterocycles. The van der Waals surface area contributed by atoms with Crippen LogP contribution in [0.3, 0.4) is 0 Å². The van der Waals surface area contributed by atoms with Crippen molar-refractivity contribution < 1.29 is 0 Å². The molecule has 0 unspecified atom stereocenters. The van der Waals surface area contributed by atoms with E-state index in [4.69, 9.17) is 24.9 Å². The second kappa shape index (κ2) is 12.1. The average Bonchev–Trinajstić information content (AvgIpc) is 3.25. The monoisotopic (exact) mass is 687 g/mol. The van der Waals surface area contributed by atoms with Gasteiger partial charge in [-0.1, -0.05) is 152 Å². The van der Waals surface area contributed by atoms with Crippen LogP contribution in [0.2, 0.25) is 0 Å². The van der Waals surface area contributed by atoms with Gasteiger partial charge in [-0.3, -0.25) is 4.98 Å². The second-order valence-corrected chi connectivity index (χ2v) is 13.7. The molecule has 0 N–H and O–H groups in total. The van der Waals surface area contributed by atoms with Crippen LogP contribution >= 0.6 is 0 Å². The van der Waals surface area contributed by atoms with Gasteiger partial charge >= 0.3 is 0 Å². The first-order valence-corrected chi connectivity index (χ1v) is 18.1. The predicted molar refractivity (Wildman–Crippen MR) is 222 cm³/mol. The van der Waals surface area contributed by atoms with Crippen molar-refractivity contribution in [3.05, 3.63) is 176 Å². The highest BCUT2D eigenvalue weighted by atomic mass is 15.0. The van der Waals surface area contributed by atoms with Gasteiger partial charge in [0.2, 0.25) is 0 Å². The van der Waals surface area contributed by atoms with Gasteiger partial charge in [-0.15, -0.1) is 0 Å². The molecule has 0 saturated carbocycles. The van der Waals surface area contributed by atoms with E-state index in [1.54, 1.807) is 0 Å². The average molecular weight is 688 g/mol. The van der Waals surface area contributed by atoms with E-state index in [9.17, 15) is 0 Å². The molecular formula is C49H29N5. The van der Waals surface area contributed by atoms with Crippen molar-refractivity contribution in [3.8, 4) is 45.6 Å². The molecule has 0 aliphatic heterocycles. The molecule has 8 aromatic carbocycles. The predicted octanol–water partition coefficient (Wildman–Crippen LogP) is 12.2. The summed E-state index contributed by atoms with van der Waals surface area (Å²) in [6, 6.07) is 59.1. The van der Waals surface area contributed by atoms with E-state index in [0.717, 1.165) is 65.9 Å². The fourth-order valence-electron chi connectivity index (χ4n) is 7.87. The number of rotatable bonds is 4. The normalized spacial score (nSPS) is 11.7. The number of para-hydroxylation sites is 1. The maximum absolute atomic E-state index is 5.29. The summed E-state index contributed by atoms with van der Waals surface area (Å²) >= 11 is 0. The second-order valence-electron chi connectivity index (χ2n) is 13.7. The molecule has 0 fully saturated rings. The third kappa shape index (κ3) is 4.90. The van der Waals surface area contributed by atoms with Crippen LogP contribution in [0.4, 0.5) is 0 Å². The Kier molecular flexibility index (Phi) is 6.79. The van der Waals surface area contributed by atoms with E-state index < -0.39 is 0 Å². The minimum absolute atomic E-state index is 0.564. The maximum Gasteiger partial charge on any atom is 0.166 e. The number of hydrogen-bond donors (Lipinski definition) is 0. The zero-order valence-corrected chi connectivity index (χ0v) is 29.0. The number of hydrogen-bond acceptors (Lipinski definition) is 5. The minimum Gasteiger partial charge on any atom is -0.253 e. The standard InChI is InChI=1S/C49H29N5/c1-3-14-33-27-35(23-21-30(33)11-1)47-52-48(36-24-22-31-12-2-4-15-34(31)28-36)54-49(53-47)42-29-50-45(39-18-8-7-17-38(39)42)46-41-26-25-32-13-5-6-16-37(32)44(41)40-19-9-10-20-43(40)51-46/h1-29H. The van der Waals surface area contributed by atoms with Gasteiger partial charge < -0.3 is 0 Å². The lowest BCUT2D eigenvalue weighted by Crippen LogP contribution is -2.02. The number of fused-ring (bicyclic) bond motifs is 8. The molecule has 0 bridgehead atoms. The summed E-state index contributed by atoms with van der Waals surface area (Å²) in [7, 11) is 0. The third-order valence-electron chi connectivity index (χ3n) is 10.5. The quantitative estimate of drug-likeness (QED) is 0.172. The molecule has 11 rings (SSSR count). The summed E-state index contributed by atoms with van der Waals surface area (Å²) in [5.41, 5.74) is 5.28. The summed E-state index contributed by atoms with van der Waals surface area (Å²) < 4.78 is 0. The third-order valence-corrected chi connectivity index (χ3v) is 10.5. The van der Waals surface area contributed by atoms with Crippen molar-refractivity contribution in [2.75, 3.05) is 0 Å². The topological polar surface area (TPSA) is 64.5 Å². The zero-order valence-electron chi connectivity index (χ0n) is 29.0. The highest BCUT2D eigenvalue weighted by Crippen LogP contribution is 2.40. The van der Waals surface area contributed by atoms with Gasteiger partial charge in [-0.25, -0.2) is 19.9 Å². The maximum atomic E-state index is 5.29. The van der Waals surface area contributed by atoms with Crippen molar-refractivity contribution in [2.45, 2.75) is 0 Å². The smallest absolute Gasteiger partial charge is 0.166 e. The molecule has 5 heteroatoms. The summed E-state index contributed by atoms with van der Waals surface area (Å²) in [6.45, 7) is 0. The molecule has 5 nitrogen and oxygen atoms in total. The van der Waals surface area contributed by atoms with E-state index in [-0.39, 0.29) is 0 Å². The van der Waals surface area contributed by atoms with Crippen LogP contribution in [0, 0.1) is 0 Å². The molecule has 0 aliphatic carbocycles. The first-order chi connectivity index (χ1) is 26.7. The Hall–Kier alpha value is -7.37. The van der Waals surface area contributed by atoms with Crippen LogP contribution in [-0.2, 0) is 0 Å².